The van der Waals surface area contributed by atoms with Crippen LogP contribution in [0.25, 0.3) is 0 Å². The lowest BCUT2D eigenvalue weighted by molar-refractivity contribution is -0.139. The Morgan fingerprint density at radius 1 is 1.23 bits per heavy atom. The van der Waals surface area contributed by atoms with Gasteiger partial charge in [-0.25, -0.2) is 9.59 Å². The van der Waals surface area contributed by atoms with Crippen molar-refractivity contribution in [2.45, 2.75) is 39.2 Å². The molecule has 0 aliphatic rings. The van der Waals surface area contributed by atoms with Crippen LogP contribution in [-0.4, -0.2) is 41.5 Å². The summed E-state index contributed by atoms with van der Waals surface area (Å²) in [5, 5.41) is 15.4. The molecule has 0 saturated heterocycles. The number of rotatable bonds is 8. The Hall–Kier alpha value is -2.61. The van der Waals surface area contributed by atoms with E-state index in [4.69, 9.17) is 21.4 Å². The maximum Gasteiger partial charge on any atom is 0.433 e. The van der Waals surface area contributed by atoms with Gasteiger partial charge in [-0.1, -0.05) is 28.9 Å². The van der Waals surface area contributed by atoms with Crippen LogP contribution in [0.2, 0.25) is 5.02 Å². The molecule has 0 aliphatic heterocycles. The van der Waals surface area contributed by atoms with Gasteiger partial charge >= 0.3 is 18.0 Å². The van der Waals surface area contributed by atoms with Gasteiger partial charge in [0.15, 0.2) is 5.71 Å². The molecular formula is C17H21ClN2O6. The molecule has 142 valence electrons. The van der Waals surface area contributed by atoms with Gasteiger partial charge < -0.3 is 15.2 Å². The Kier molecular flexibility index (Phi) is 8.57. The zero-order valence-electron chi connectivity index (χ0n) is 14.7. The number of ether oxygens (including phenoxy) is 1. The predicted molar refractivity (Wildman–Crippen MR) is 95.3 cm³/mol. The molecule has 1 rings (SSSR count). The van der Waals surface area contributed by atoms with Crippen LogP contribution in [0.4, 0.5) is 4.79 Å². The van der Waals surface area contributed by atoms with Crippen LogP contribution in [-0.2, 0) is 19.2 Å². The molecule has 0 saturated carbocycles. The highest BCUT2D eigenvalue weighted by Gasteiger charge is 2.18. The lowest BCUT2D eigenvalue weighted by atomic mass is 9.96. The standard InChI is InChI=1S/C17H21ClN2O6/c1-10(2)25-16(23)11(3)20-26-17(24)19-9-13(8-15(21)22)12-4-6-14(18)7-5-12/h4-7,10,13H,8-9H2,1-3H3,(H,19,24)(H,21,22)/b20-11-. The van der Waals surface area contributed by atoms with Gasteiger partial charge in [-0.05, 0) is 38.5 Å². The summed E-state index contributed by atoms with van der Waals surface area (Å²) in [5.41, 5.74) is 0.589. The molecule has 1 atom stereocenters. The average Bonchev–Trinajstić information content (AvgIpc) is 2.56. The SMILES string of the molecule is C/C(=N/OC(=O)NCC(CC(=O)O)c1ccc(Cl)cc1)C(=O)OC(C)C. The number of benzene rings is 1. The summed E-state index contributed by atoms with van der Waals surface area (Å²) in [6.45, 7) is 4.72. The molecular weight excluding hydrogens is 364 g/mol. The average molecular weight is 385 g/mol. The van der Waals surface area contributed by atoms with E-state index in [1.54, 1.807) is 38.1 Å². The first-order valence-corrected chi connectivity index (χ1v) is 8.24. The Morgan fingerprint density at radius 3 is 2.38 bits per heavy atom. The molecule has 2 N–H and O–H groups in total. The summed E-state index contributed by atoms with van der Waals surface area (Å²) < 4.78 is 4.90. The summed E-state index contributed by atoms with van der Waals surface area (Å²) in [7, 11) is 0. The Morgan fingerprint density at radius 2 is 1.85 bits per heavy atom. The summed E-state index contributed by atoms with van der Waals surface area (Å²) in [6, 6.07) is 6.65. The van der Waals surface area contributed by atoms with Crippen molar-refractivity contribution in [1.82, 2.24) is 5.32 Å². The predicted octanol–water partition coefficient (Wildman–Crippen LogP) is 2.95. The minimum Gasteiger partial charge on any atom is -0.481 e. The highest BCUT2D eigenvalue weighted by molar-refractivity contribution is 6.35. The van der Waals surface area contributed by atoms with Gasteiger partial charge in [0.2, 0.25) is 0 Å². The fourth-order valence-electron chi connectivity index (χ4n) is 1.94. The molecule has 8 nitrogen and oxygen atoms in total. The van der Waals surface area contributed by atoms with Crippen molar-refractivity contribution in [3.8, 4) is 0 Å². The number of amides is 1. The van der Waals surface area contributed by atoms with Gasteiger partial charge in [0.05, 0.1) is 12.5 Å². The fourth-order valence-corrected chi connectivity index (χ4v) is 2.06. The minimum atomic E-state index is -1.01. The summed E-state index contributed by atoms with van der Waals surface area (Å²) in [6.07, 6.45) is -1.42. The number of esters is 1. The van der Waals surface area contributed by atoms with Crippen LogP contribution in [0.15, 0.2) is 29.4 Å². The van der Waals surface area contributed by atoms with Crippen molar-refractivity contribution in [3.63, 3.8) is 0 Å². The van der Waals surface area contributed by atoms with E-state index in [1.165, 1.54) is 6.92 Å². The molecule has 0 spiro atoms. The van der Waals surface area contributed by atoms with Crippen LogP contribution in [0.1, 0.15) is 38.7 Å². The number of carbonyl (C=O) groups excluding carboxylic acids is 2. The quantitative estimate of drug-likeness (QED) is 0.308. The Labute approximate surface area is 156 Å². The van der Waals surface area contributed by atoms with Gasteiger partial charge in [0, 0.05) is 17.5 Å². The van der Waals surface area contributed by atoms with Gasteiger partial charge in [-0.2, -0.15) is 0 Å². The maximum absolute atomic E-state index is 11.7. The first kappa shape index (κ1) is 21.4. The van der Waals surface area contributed by atoms with E-state index in [0.717, 1.165) is 0 Å². The first-order valence-electron chi connectivity index (χ1n) is 7.86. The van der Waals surface area contributed by atoms with E-state index in [1.807, 2.05) is 0 Å². The summed E-state index contributed by atoms with van der Waals surface area (Å²) >= 11 is 5.82. The van der Waals surface area contributed by atoms with Crippen LogP contribution in [0.5, 0.6) is 0 Å². The fraction of sp³-hybridized carbons (Fsp3) is 0.412. The molecule has 0 radical (unpaired) electrons. The number of hydrogen-bond acceptors (Lipinski definition) is 6. The molecule has 0 heterocycles. The third-order valence-electron chi connectivity index (χ3n) is 3.16. The topological polar surface area (TPSA) is 114 Å². The van der Waals surface area contributed by atoms with Gasteiger partial charge in [-0.3, -0.25) is 9.63 Å². The number of halogens is 1. The monoisotopic (exact) mass is 384 g/mol. The molecule has 9 heteroatoms. The first-order chi connectivity index (χ1) is 12.2. The molecule has 1 amide bonds. The summed E-state index contributed by atoms with van der Waals surface area (Å²) in [4.78, 5) is 38.8. The van der Waals surface area contributed by atoms with Crippen molar-refractivity contribution >= 4 is 35.3 Å². The van der Waals surface area contributed by atoms with Crippen LogP contribution < -0.4 is 5.32 Å². The van der Waals surface area contributed by atoms with E-state index >= 15 is 0 Å². The highest BCUT2D eigenvalue weighted by atomic mass is 35.5. The van der Waals surface area contributed by atoms with Gasteiger partial charge in [0.1, 0.15) is 0 Å². The number of oxime groups is 1. The number of carboxylic acids is 1. The van der Waals surface area contributed by atoms with Gasteiger partial charge in [0.25, 0.3) is 0 Å². The largest absolute Gasteiger partial charge is 0.481 e. The smallest absolute Gasteiger partial charge is 0.433 e. The Bertz CT molecular complexity index is 672. The highest BCUT2D eigenvalue weighted by Crippen LogP contribution is 2.21. The van der Waals surface area contributed by atoms with Crippen molar-refractivity contribution in [2.24, 2.45) is 5.16 Å². The number of nitrogens with one attached hydrogen (secondary N) is 1. The lowest BCUT2D eigenvalue weighted by Gasteiger charge is -2.15. The van der Waals surface area contributed by atoms with Crippen LogP contribution in [0.3, 0.4) is 0 Å². The van der Waals surface area contributed by atoms with E-state index in [9.17, 15) is 14.4 Å². The maximum atomic E-state index is 11.7. The number of hydrogen-bond donors (Lipinski definition) is 2. The number of carbonyl (C=O) groups is 3. The second-order valence-corrected chi connectivity index (χ2v) is 6.17. The number of carboxylic acid groups (broad SMARTS) is 1. The third kappa shape index (κ3) is 7.98. The van der Waals surface area contributed by atoms with Crippen molar-refractivity contribution < 1.29 is 29.1 Å². The van der Waals surface area contributed by atoms with Crippen LogP contribution in [0, 0.1) is 0 Å². The van der Waals surface area contributed by atoms with E-state index in [-0.39, 0.29) is 24.8 Å². The van der Waals surface area contributed by atoms with Crippen LogP contribution >= 0.6 is 11.6 Å². The van der Waals surface area contributed by atoms with E-state index in [2.05, 4.69) is 15.3 Å². The van der Waals surface area contributed by atoms with E-state index in [0.29, 0.717) is 10.6 Å². The molecule has 0 bridgehead atoms. The molecule has 1 aromatic carbocycles. The molecule has 1 unspecified atom stereocenters. The zero-order chi connectivity index (χ0) is 19.7. The van der Waals surface area contributed by atoms with Crippen molar-refractivity contribution in [1.29, 1.82) is 0 Å². The third-order valence-corrected chi connectivity index (χ3v) is 3.41. The van der Waals surface area contributed by atoms with E-state index < -0.39 is 23.9 Å². The number of aliphatic carboxylic acids is 1. The van der Waals surface area contributed by atoms with Gasteiger partial charge in [-0.15, -0.1) is 0 Å². The van der Waals surface area contributed by atoms with Crippen molar-refractivity contribution in [3.05, 3.63) is 34.9 Å². The molecule has 0 aliphatic carbocycles. The van der Waals surface area contributed by atoms with Crippen molar-refractivity contribution in [2.75, 3.05) is 6.54 Å². The molecule has 0 aromatic heterocycles. The number of nitrogens with zero attached hydrogens (tertiary/aromatic N) is 1. The molecule has 0 fully saturated rings. The Balaban J connectivity index is 2.62. The molecule has 1 aromatic rings. The zero-order valence-corrected chi connectivity index (χ0v) is 15.4. The normalized spacial score (nSPS) is 12.4. The molecule has 26 heavy (non-hydrogen) atoms. The second-order valence-electron chi connectivity index (χ2n) is 5.74. The second kappa shape index (κ2) is 10.4. The summed E-state index contributed by atoms with van der Waals surface area (Å²) in [5.74, 6) is -2.18. The lowest BCUT2D eigenvalue weighted by Crippen LogP contribution is -2.29. The minimum absolute atomic E-state index is 0.0117.